The number of benzene rings is 1. The highest BCUT2D eigenvalue weighted by Crippen LogP contribution is 2.43. The van der Waals surface area contributed by atoms with Crippen molar-refractivity contribution in [3.8, 4) is 0 Å². The van der Waals surface area contributed by atoms with Crippen molar-refractivity contribution in [3.05, 3.63) is 52.6 Å². The van der Waals surface area contributed by atoms with Gasteiger partial charge in [-0.1, -0.05) is 32.4 Å². The molecule has 0 atom stereocenters. The highest BCUT2D eigenvalue weighted by molar-refractivity contribution is 6.30. The molecular formula is C24H31Cl2FN4O. The van der Waals surface area contributed by atoms with Gasteiger partial charge in [0.05, 0.1) is 21.9 Å². The van der Waals surface area contributed by atoms with Crippen LogP contribution in [0.5, 0.6) is 0 Å². The molecule has 2 aliphatic heterocycles. The number of fused-ring (bicyclic) bond motifs is 1. The molecule has 0 spiro atoms. The maximum atomic E-state index is 14.1. The Kier molecular flexibility index (Phi) is 6.81. The molecule has 8 heteroatoms. The first kappa shape index (κ1) is 24.7. The van der Waals surface area contributed by atoms with Crippen LogP contribution in [0.4, 0.5) is 15.8 Å². The highest BCUT2D eigenvalue weighted by atomic mass is 35.5. The number of halogens is 3. The van der Waals surface area contributed by atoms with Crippen molar-refractivity contribution in [1.29, 1.82) is 0 Å². The molecule has 0 aliphatic carbocycles. The zero-order valence-electron chi connectivity index (χ0n) is 19.3. The summed E-state index contributed by atoms with van der Waals surface area (Å²) in [5.41, 5.74) is 2.42. The predicted molar refractivity (Wildman–Crippen MR) is 130 cm³/mol. The molecular weight excluding hydrogens is 450 g/mol. The van der Waals surface area contributed by atoms with E-state index in [1.165, 1.54) is 6.07 Å². The molecule has 1 fully saturated rings. The van der Waals surface area contributed by atoms with Crippen LogP contribution >= 0.6 is 24.0 Å². The second-order valence-corrected chi connectivity index (χ2v) is 10.2. The summed E-state index contributed by atoms with van der Waals surface area (Å²) >= 11 is 5.86. The molecule has 0 unspecified atom stereocenters. The van der Waals surface area contributed by atoms with Gasteiger partial charge < -0.3 is 9.80 Å². The van der Waals surface area contributed by atoms with Gasteiger partial charge in [-0.15, -0.1) is 12.4 Å². The number of likely N-dealkylation sites (N-methyl/N-ethyl adjacent to an activating group) is 1. The molecule has 0 bridgehead atoms. The van der Waals surface area contributed by atoms with E-state index in [1.807, 2.05) is 21.9 Å². The lowest BCUT2D eigenvalue weighted by atomic mass is 9.91. The van der Waals surface area contributed by atoms with Gasteiger partial charge in [-0.2, -0.15) is 0 Å². The molecule has 0 radical (unpaired) electrons. The number of piperazine rings is 1. The van der Waals surface area contributed by atoms with Gasteiger partial charge in [-0.25, -0.2) is 9.37 Å². The number of carbonyl (C=O) groups is 1. The van der Waals surface area contributed by atoms with Crippen molar-refractivity contribution < 1.29 is 9.18 Å². The van der Waals surface area contributed by atoms with E-state index < -0.39 is 5.82 Å². The first-order valence-electron chi connectivity index (χ1n) is 10.8. The summed E-state index contributed by atoms with van der Waals surface area (Å²) in [5.74, 6) is -0.478. The lowest BCUT2D eigenvalue weighted by Gasteiger charge is -2.46. The summed E-state index contributed by atoms with van der Waals surface area (Å²) in [6.45, 7) is 14.6. The van der Waals surface area contributed by atoms with Crippen molar-refractivity contribution in [2.45, 2.75) is 45.6 Å². The third-order valence-corrected chi connectivity index (χ3v) is 6.77. The Morgan fingerprint density at radius 3 is 2.47 bits per heavy atom. The number of hydrogen-bond donors (Lipinski definition) is 0. The average Bonchev–Trinajstić information content (AvgIpc) is 2.99. The van der Waals surface area contributed by atoms with E-state index in [0.717, 1.165) is 36.7 Å². The number of carbonyl (C=O) groups excluding carboxylic acids is 1. The zero-order chi connectivity index (χ0) is 22.6. The van der Waals surface area contributed by atoms with E-state index >= 15 is 0 Å². The largest absolute Gasteiger partial charge is 0.339 e. The van der Waals surface area contributed by atoms with Crippen LogP contribution in [0, 0.1) is 5.82 Å². The Labute approximate surface area is 201 Å². The van der Waals surface area contributed by atoms with E-state index in [0.29, 0.717) is 18.8 Å². The fourth-order valence-electron chi connectivity index (χ4n) is 4.77. The van der Waals surface area contributed by atoms with Gasteiger partial charge in [0.15, 0.2) is 0 Å². The summed E-state index contributed by atoms with van der Waals surface area (Å²) in [6.07, 6.45) is 0. The van der Waals surface area contributed by atoms with Gasteiger partial charge in [0.1, 0.15) is 11.5 Å². The molecule has 32 heavy (non-hydrogen) atoms. The van der Waals surface area contributed by atoms with Crippen LogP contribution in [0.3, 0.4) is 0 Å². The first-order chi connectivity index (χ1) is 14.5. The number of hydrogen-bond acceptors (Lipinski definition) is 4. The predicted octanol–water partition coefficient (Wildman–Crippen LogP) is 5.28. The van der Waals surface area contributed by atoms with Gasteiger partial charge in [-0.3, -0.25) is 9.69 Å². The second kappa shape index (κ2) is 8.81. The minimum Gasteiger partial charge on any atom is -0.339 e. The van der Waals surface area contributed by atoms with E-state index in [1.54, 1.807) is 12.1 Å². The smallest absolute Gasteiger partial charge is 0.272 e. The molecule has 2 aromatic rings. The van der Waals surface area contributed by atoms with Crippen LogP contribution in [0.25, 0.3) is 0 Å². The van der Waals surface area contributed by atoms with Crippen LogP contribution in [0.2, 0.25) is 5.02 Å². The Balaban J connectivity index is 0.00000289. The molecule has 3 heterocycles. The normalized spacial score (nSPS) is 19.5. The number of rotatable bonds is 3. The van der Waals surface area contributed by atoms with Gasteiger partial charge in [0, 0.05) is 37.3 Å². The van der Waals surface area contributed by atoms with Gasteiger partial charge in [-0.05, 0) is 50.7 Å². The van der Waals surface area contributed by atoms with E-state index in [2.05, 4.69) is 39.5 Å². The summed E-state index contributed by atoms with van der Waals surface area (Å²) in [5, 5.41) is 0.104. The maximum absolute atomic E-state index is 14.1. The number of anilines is 2. The third kappa shape index (κ3) is 4.33. The van der Waals surface area contributed by atoms with E-state index in [-0.39, 0.29) is 34.3 Å². The first-order valence-corrected chi connectivity index (χ1v) is 11.2. The molecule has 174 valence electrons. The van der Waals surface area contributed by atoms with Crippen molar-refractivity contribution in [2.75, 3.05) is 37.6 Å². The minimum absolute atomic E-state index is 0. The van der Waals surface area contributed by atoms with Crippen molar-refractivity contribution in [3.63, 3.8) is 0 Å². The minimum atomic E-state index is -0.446. The van der Waals surface area contributed by atoms with Gasteiger partial charge >= 0.3 is 0 Å². The lowest BCUT2D eigenvalue weighted by Crippen LogP contribution is -2.61. The molecule has 1 aromatic heterocycles. The topological polar surface area (TPSA) is 39.7 Å². The quantitative estimate of drug-likeness (QED) is 0.598. The van der Waals surface area contributed by atoms with Gasteiger partial charge in [0.2, 0.25) is 0 Å². The number of nitrogens with zero attached hydrogens (tertiary/aromatic N) is 4. The lowest BCUT2D eigenvalue weighted by molar-refractivity contribution is 0.0190. The Morgan fingerprint density at radius 2 is 1.84 bits per heavy atom. The zero-order valence-corrected chi connectivity index (χ0v) is 20.9. The Hall–Kier alpha value is -1.89. The maximum Gasteiger partial charge on any atom is 0.272 e. The number of aromatic nitrogens is 1. The van der Waals surface area contributed by atoms with E-state index in [9.17, 15) is 9.18 Å². The summed E-state index contributed by atoms with van der Waals surface area (Å²) in [6, 6.07) is 8.56. The fraction of sp³-hybridized carbons (Fsp3) is 0.500. The number of amides is 1. The summed E-state index contributed by atoms with van der Waals surface area (Å²) < 4.78 is 14.1. The Bertz CT molecular complexity index is 1030. The molecule has 0 N–H and O–H groups in total. The third-order valence-electron chi connectivity index (χ3n) is 6.47. The monoisotopic (exact) mass is 480 g/mol. The molecule has 2 aliphatic rings. The van der Waals surface area contributed by atoms with Crippen molar-refractivity contribution >= 4 is 41.3 Å². The van der Waals surface area contributed by atoms with Gasteiger partial charge in [0.25, 0.3) is 5.91 Å². The molecule has 1 amide bonds. The standard InChI is InChI=1S/C24H30ClFN4O.ClH/c1-6-28-11-12-30(24(4,5)15-28)22(31)19-9-10-20-21(27-19)23(2,3)14-29(20)16-7-8-17(25)18(26)13-16;/h7-10,13H,6,11-12,14-15H2,1-5H3;1H. The van der Waals surface area contributed by atoms with Crippen LogP contribution in [0.1, 0.15) is 50.8 Å². The SMILES string of the molecule is CCN1CCN(C(=O)c2ccc3c(n2)C(C)(C)CN3c2ccc(Cl)c(F)c2)C(C)(C)C1.Cl. The molecule has 4 rings (SSSR count). The second-order valence-electron chi connectivity index (χ2n) is 9.77. The fourth-order valence-corrected chi connectivity index (χ4v) is 4.88. The molecule has 5 nitrogen and oxygen atoms in total. The summed E-state index contributed by atoms with van der Waals surface area (Å²) in [7, 11) is 0. The molecule has 1 aromatic carbocycles. The highest BCUT2D eigenvalue weighted by Gasteiger charge is 2.40. The number of pyridine rings is 1. The summed E-state index contributed by atoms with van der Waals surface area (Å²) in [4.78, 5) is 24.6. The van der Waals surface area contributed by atoms with Crippen molar-refractivity contribution in [1.82, 2.24) is 14.8 Å². The van der Waals surface area contributed by atoms with Crippen LogP contribution < -0.4 is 4.90 Å². The van der Waals surface area contributed by atoms with Crippen LogP contribution in [0.15, 0.2) is 30.3 Å². The van der Waals surface area contributed by atoms with E-state index in [4.69, 9.17) is 16.6 Å². The Morgan fingerprint density at radius 1 is 1.12 bits per heavy atom. The molecule has 0 saturated carbocycles. The van der Waals surface area contributed by atoms with Crippen LogP contribution in [-0.4, -0.2) is 59.0 Å². The van der Waals surface area contributed by atoms with Crippen molar-refractivity contribution in [2.24, 2.45) is 0 Å². The average molecular weight is 481 g/mol. The van der Waals surface area contributed by atoms with Crippen LogP contribution in [-0.2, 0) is 5.41 Å². The molecule has 1 saturated heterocycles.